The molecule has 68 valence electrons. The van der Waals surface area contributed by atoms with Crippen LogP contribution in [0.2, 0.25) is 0 Å². The molecule has 0 fully saturated rings. The third kappa shape index (κ3) is 2.68. The number of carbonyl (C=O) groups excluding carboxylic acids is 1. The molecule has 1 aromatic heterocycles. The minimum atomic E-state index is -1.01. The summed E-state index contributed by atoms with van der Waals surface area (Å²) in [7, 11) is 0. The van der Waals surface area contributed by atoms with Crippen LogP contribution in [0.3, 0.4) is 0 Å². The summed E-state index contributed by atoms with van der Waals surface area (Å²) < 4.78 is 0.961. The Morgan fingerprint density at radius 1 is 1.54 bits per heavy atom. The van der Waals surface area contributed by atoms with Gasteiger partial charge in [-0.1, -0.05) is 0 Å². The predicted octanol–water partition coefficient (Wildman–Crippen LogP) is 0.670. The van der Waals surface area contributed by atoms with Crippen LogP contribution in [-0.4, -0.2) is 10.4 Å². The molecule has 0 aliphatic heterocycles. The van der Waals surface area contributed by atoms with Crippen molar-refractivity contribution in [3.05, 3.63) is 34.6 Å². The van der Waals surface area contributed by atoms with E-state index in [0.29, 0.717) is 0 Å². The van der Waals surface area contributed by atoms with Crippen molar-refractivity contribution >= 4 is 22.7 Å². The predicted molar refractivity (Wildman–Crippen MR) is 41.1 cm³/mol. The summed E-state index contributed by atoms with van der Waals surface area (Å²) in [5.74, 6) is 0. The Labute approximate surface area is 77.4 Å². The highest BCUT2D eigenvalue weighted by atomic mass is 35.5. The van der Waals surface area contributed by atoms with E-state index in [1.165, 1.54) is 24.5 Å². The van der Waals surface area contributed by atoms with Gasteiger partial charge in [0.25, 0.3) is 5.69 Å². The van der Waals surface area contributed by atoms with Crippen molar-refractivity contribution in [2.75, 3.05) is 0 Å². The molecule has 0 saturated carbocycles. The zero-order valence-electron chi connectivity index (χ0n) is 6.21. The van der Waals surface area contributed by atoms with Crippen LogP contribution in [0.25, 0.3) is 0 Å². The van der Waals surface area contributed by atoms with E-state index in [4.69, 9.17) is 11.6 Å². The van der Waals surface area contributed by atoms with Crippen LogP contribution in [0.1, 0.15) is 0 Å². The van der Waals surface area contributed by atoms with Gasteiger partial charge in [-0.15, -0.1) is 0 Å². The summed E-state index contributed by atoms with van der Waals surface area (Å²) >= 11 is 4.90. The molecule has 1 aromatic rings. The van der Waals surface area contributed by atoms with Gasteiger partial charge in [0.1, 0.15) is 0 Å². The first-order valence-corrected chi connectivity index (χ1v) is 3.51. The van der Waals surface area contributed by atoms with Gasteiger partial charge in [0, 0.05) is 16.3 Å². The molecule has 6 nitrogen and oxygen atoms in total. The Hall–Kier alpha value is -1.69. The number of hydrogen-bond donors (Lipinski definition) is 0. The molecule has 0 saturated heterocycles. The van der Waals surface area contributed by atoms with Gasteiger partial charge in [0.15, 0.2) is 0 Å². The summed E-state index contributed by atoms with van der Waals surface area (Å²) in [6.45, 7) is 0. The van der Waals surface area contributed by atoms with Crippen molar-refractivity contribution in [3.63, 3.8) is 0 Å². The van der Waals surface area contributed by atoms with Gasteiger partial charge in [-0.2, -0.15) is 4.84 Å². The highest BCUT2D eigenvalue weighted by Gasteiger charge is 2.11. The van der Waals surface area contributed by atoms with Crippen LogP contribution in [-0.2, 0) is 0 Å². The lowest BCUT2D eigenvalue weighted by atomic mass is 10.4. The molecule has 0 amide bonds. The van der Waals surface area contributed by atoms with Gasteiger partial charge in [0.05, 0.1) is 17.1 Å². The standard InChI is InChI=1S/C6H4ClN2O4/c7-6(10)13-8-3-1-5(2-4-8)9(11)12/h1-4H/q+1. The first kappa shape index (κ1) is 9.40. The van der Waals surface area contributed by atoms with E-state index >= 15 is 0 Å². The Bertz CT molecular complexity index is 337. The van der Waals surface area contributed by atoms with Gasteiger partial charge in [-0.25, -0.2) is 4.79 Å². The molecule has 0 unspecified atom stereocenters. The molecule has 13 heavy (non-hydrogen) atoms. The van der Waals surface area contributed by atoms with E-state index < -0.39 is 10.4 Å². The van der Waals surface area contributed by atoms with Crippen molar-refractivity contribution in [2.24, 2.45) is 0 Å². The molecule has 1 rings (SSSR count). The maximum Gasteiger partial charge on any atom is 0.473 e. The summed E-state index contributed by atoms with van der Waals surface area (Å²) in [6.07, 6.45) is 2.41. The van der Waals surface area contributed by atoms with Crippen LogP contribution in [0.4, 0.5) is 10.5 Å². The summed E-state index contributed by atoms with van der Waals surface area (Å²) in [4.78, 5) is 24.2. The number of carbonyl (C=O) groups is 1. The monoisotopic (exact) mass is 203 g/mol. The SMILES string of the molecule is O=C(Cl)O[n+]1ccc([N+](=O)[O-])cc1. The van der Waals surface area contributed by atoms with Gasteiger partial charge in [0.2, 0.25) is 12.4 Å². The Kier molecular flexibility index (Phi) is 2.76. The lowest BCUT2D eigenvalue weighted by Gasteiger charge is -1.89. The van der Waals surface area contributed by atoms with Crippen LogP contribution >= 0.6 is 11.6 Å². The van der Waals surface area contributed by atoms with Crippen molar-refractivity contribution in [3.8, 4) is 0 Å². The fourth-order valence-electron chi connectivity index (χ4n) is 0.670. The third-order valence-electron chi connectivity index (χ3n) is 1.17. The van der Waals surface area contributed by atoms with E-state index in [2.05, 4.69) is 4.84 Å². The quantitative estimate of drug-likeness (QED) is 0.306. The van der Waals surface area contributed by atoms with Crippen molar-refractivity contribution in [2.45, 2.75) is 0 Å². The average molecular weight is 204 g/mol. The summed E-state index contributed by atoms with van der Waals surface area (Å²) in [5.41, 5.74) is -1.11. The van der Waals surface area contributed by atoms with E-state index in [1.807, 2.05) is 0 Å². The highest BCUT2D eigenvalue weighted by Crippen LogP contribution is 2.04. The zero-order valence-corrected chi connectivity index (χ0v) is 6.97. The average Bonchev–Trinajstić information content (AvgIpc) is 2.04. The number of nitrogens with zero attached hydrogens (tertiary/aromatic N) is 2. The normalized spacial score (nSPS) is 9.31. The van der Waals surface area contributed by atoms with E-state index in [1.54, 1.807) is 0 Å². The van der Waals surface area contributed by atoms with Crippen molar-refractivity contribution in [1.29, 1.82) is 0 Å². The van der Waals surface area contributed by atoms with Gasteiger partial charge >= 0.3 is 5.43 Å². The first-order chi connectivity index (χ1) is 6.09. The van der Waals surface area contributed by atoms with E-state index in [-0.39, 0.29) is 5.69 Å². The molecule has 0 aromatic carbocycles. The molecule has 1 heterocycles. The smallest absolute Gasteiger partial charge is 0.258 e. The number of halogens is 1. The Morgan fingerprint density at radius 3 is 2.46 bits per heavy atom. The molecule has 7 heteroatoms. The summed E-state index contributed by atoms with van der Waals surface area (Å²) in [5, 5.41) is 10.2. The van der Waals surface area contributed by atoms with Gasteiger partial charge in [-0.05, 0) is 0 Å². The molecular formula is C6H4ClN2O4+. The Balaban J connectivity index is 2.81. The molecule has 0 atom stereocenters. The maximum absolute atomic E-state index is 10.2. The topological polar surface area (TPSA) is 73.3 Å². The minimum Gasteiger partial charge on any atom is -0.258 e. The van der Waals surface area contributed by atoms with E-state index in [9.17, 15) is 14.9 Å². The third-order valence-corrected chi connectivity index (χ3v) is 1.24. The molecule has 0 bridgehead atoms. The van der Waals surface area contributed by atoms with E-state index in [0.717, 1.165) is 4.73 Å². The number of aromatic nitrogens is 1. The van der Waals surface area contributed by atoms with Gasteiger partial charge < -0.3 is 0 Å². The second kappa shape index (κ2) is 3.81. The number of nitro groups is 1. The summed E-state index contributed by atoms with van der Waals surface area (Å²) in [6, 6.07) is 2.36. The minimum absolute atomic E-state index is 0.0955. The molecule has 0 N–H and O–H groups in total. The molecule has 0 aliphatic carbocycles. The number of hydrogen-bond acceptors (Lipinski definition) is 4. The fourth-order valence-corrected chi connectivity index (χ4v) is 0.750. The zero-order chi connectivity index (χ0) is 9.84. The van der Waals surface area contributed by atoms with Crippen LogP contribution in [0, 0.1) is 10.1 Å². The van der Waals surface area contributed by atoms with Crippen molar-refractivity contribution < 1.29 is 19.3 Å². The fraction of sp³-hybridized carbons (Fsp3) is 0. The Morgan fingerprint density at radius 2 is 2.08 bits per heavy atom. The second-order valence-electron chi connectivity index (χ2n) is 2.00. The van der Waals surface area contributed by atoms with Crippen LogP contribution in [0.15, 0.2) is 24.5 Å². The largest absolute Gasteiger partial charge is 0.473 e. The number of rotatable bonds is 2. The lowest BCUT2D eigenvalue weighted by molar-refractivity contribution is -0.866. The lowest BCUT2D eigenvalue weighted by Crippen LogP contribution is -2.42. The molecule has 0 aliphatic rings. The number of pyridine rings is 1. The molecular weight excluding hydrogens is 200 g/mol. The van der Waals surface area contributed by atoms with Gasteiger partial charge in [-0.3, -0.25) is 10.1 Å². The van der Waals surface area contributed by atoms with Crippen LogP contribution < -0.4 is 9.57 Å². The van der Waals surface area contributed by atoms with Crippen LogP contribution in [0.5, 0.6) is 0 Å². The second-order valence-corrected chi connectivity index (χ2v) is 2.31. The maximum atomic E-state index is 10.2. The molecule has 0 spiro atoms. The highest BCUT2D eigenvalue weighted by molar-refractivity contribution is 6.61. The van der Waals surface area contributed by atoms with Crippen molar-refractivity contribution in [1.82, 2.24) is 0 Å². The molecule has 0 radical (unpaired) electrons. The first-order valence-electron chi connectivity index (χ1n) is 3.13.